The SMILES string of the molecule is CC(C)COCCOC(C)C(N)=NO. The molecule has 5 nitrogen and oxygen atoms in total. The third-order valence-corrected chi connectivity index (χ3v) is 1.58. The zero-order valence-electron chi connectivity index (χ0n) is 9.06. The number of amidine groups is 1. The van der Waals surface area contributed by atoms with E-state index < -0.39 is 0 Å². The molecule has 0 aliphatic heterocycles. The largest absolute Gasteiger partial charge is 0.409 e. The second-order valence-electron chi connectivity index (χ2n) is 3.51. The van der Waals surface area contributed by atoms with Crippen molar-refractivity contribution < 1.29 is 14.7 Å². The summed E-state index contributed by atoms with van der Waals surface area (Å²) >= 11 is 0. The zero-order chi connectivity index (χ0) is 11.0. The normalized spacial score (nSPS) is 14.7. The summed E-state index contributed by atoms with van der Waals surface area (Å²) in [6.45, 7) is 7.59. The van der Waals surface area contributed by atoms with Crippen LogP contribution in [0.5, 0.6) is 0 Å². The van der Waals surface area contributed by atoms with Gasteiger partial charge in [0.1, 0.15) is 6.10 Å². The first kappa shape index (κ1) is 13.2. The average molecular weight is 204 g/mol. The number of nitrogens with two attached hydrogens (primary N) is 1. The van der Waals surface area contributed by atoms with Gasteiger partial charge in [-0.15, -0.1) is 0 Å². The summed E-state index contributed by atoms with van der Waals surface area (Å²) in [5.41, 5.74) is 5.31. The molecule has 3 N–H and O–H groups in total. The monoisotopic (exact) mass is 204 g/mol. The van der Waals surface area contributed by atoms with E-state index in [-0.39, 0.29) is 11.9 Å². The van der Waals surface area contributed by atoms with E-state index in [9.17, 15) is 0 Å². The summed E-state index contributed by atoms with van der Waals surface area (Å²) in [5.74, 6) is 0.602. The third kappa shape index (κ3) is 6.68. The fraction of sp³-hybridized carbons (Fsp3) is 0.889. The van der Waals surface area contributed by atoms with Crippen molar-refractivity contribution in [3.8, 4) is 0 Å². The van der Waals surface area contributed by atoms with Crippen LogP contribution in [0.15, 0.2) is 5.16 Å². The quantitative estimate of drug-likeness (QED) is 0.211. The Hall–Kier alpha value is -0.810. The zero-order valence-corrected chi connectivity index (χ0v) is 9.06. The predicted octanol–water partition coefficient (Wildman–Crippen LogP) is 0.811. The minimum absolute atomic E-state index is 0.0776. The molecule has 0 aliphatic carbocycles. The van der Waals surface area contributed by atoms with Crippen LogP contribution in [0, 0.1) is 5.92 Å². The van der Waals surface area contributed by atoms with Crippen LogP contribution in [0.4, 0.5) is 0 Å². The van der Waals surface area contributed by atoms with E-state index in [1.165, 1.54) is 0 Å². The molecule has 0 aromatic rings. The molecule has 0 aromatic carbocycles. The second kappa shape index (κ2) is 7.58. The molecule has 0 spiro atoms. The average Bonchev–Trinajstić information content (AvgIpc) is 2.15. The molecule has 0 aliphatic rings. The molecule has 0 rings (SSSR count). The topological polar surface area (TPSA) is 77.1 Å². The Morgan fingerprint density at radius 2 is 2.00 bits per heavy atom. The smallest absolute Gasteiger partial charge is 0.168 e. The van der Waals surface area contributed by atoms with Gasteiger partial charge in [0.05, 0.1) is 13.2 Å². The molecule has 0 aromatic heterocycles. The molecule has 5 heteroatoms. The summed E-state index contributed by atoms with van der Waals surface area (Å²) in [6, 6.07) is 0. The maximum Gasteiger partial charge on any atom is 0.168 e. The van der Waals surface area contributed by atoms with Gasteiger partial charge in [-0.05, 0) is 12.8 Å². The van der Waals surface area contributed by atoms with Crippen LogP contribution >= 0.6 is 0 Å². The van der Waals surface area contributed by atoms with Crippen LogP contribution in [0.3, 0.4) is 0 Å². The molecule has 0 radical (unpaired) electrons. The van der Waals surface area contributed by atoms with E-state index >= 15 is 0 Å². The predicted molar refractivity (Wildman–Crippen MR) is 54.5 cm³/mol. The summed E-state index contributed by atoms with van der Waals surface area (Å²) in [4.78, 5) is 0. The first-order chi connectivity index (χ1) is 6.57. The van der Waals surface area contributed by atoms with E-state index in [4.69, 9.17) is 20.4 Å². The van der Waals surface area contributed by atoms with Crippen LogP contribution in [-0.2, 0) is 9.47 Å². The molecule has 84 valence electrons. The minimum atomic E-state index is -0.373. The Morgan fingerprint density at radius 1 is 1.36 bits per heavy atom. The van der Waals surface area contributed by atoms with Crippen molar-refractivity contribution in [3.63, 3.8) is 0 Å². The fourth-order valence-electron chi connectivity index (χ4n) is 0.770. The van der Waals surface area contributed by atoms with Crippen molar-refractivity contribution in [2.45, 2.75) is 26.9 Å². The second-order valence-corrected chi connectivity index (χ2v) is 3.51. The standard InChI is InChI=1S/C9H20N2O3/c1-7(2)6-13-4-5-14-8(3)9(10)11-12/h7-8,12H,4-6H2,1-3H3,(H2,10,11). The van der Waals surface area contributed by atoms with Gasteiger partial charge in [0.2, 0.25) is 0 Å². The molecule has 0 saturated heterocycles. The number of nitrogens with zero attached hydrogens (tertiary/aromatic N) is 1. The van der Waals surface area contributed by atoms with Gasteiger partial charge in [-0.2, -0.15) is 0 Å². The van der Waals surface area contributed by atoms with Crippen molar-refractivity contribution >= 4 is 5.84 Å². The Labute approximate surface area is 84.9 Å². The highest BCUT2D eigenvalue weighted by Gasteiger charge is 2.06. The lowest BCUT2D eigenvalue weighted by Crippen LogP contribution is -2.29. The lowest BCUT2D eigenvalue weighted by atomic mass is 10.2. The van der Waals surface area contributed by atoms with Gasteiger partial charge in [0.25, 0.3) is 0 Å². The molecule has 1 atom stereocenters. The van der Waals surface area contributed by atoms with E-state index in [0.717, 1.165) is 6.61 Å². The fourth-order valence-corrected chi connectivity index (χ4v) is 0.770. The minimum Gasteiger partial charge on any atom is -0.409 e. The first-order valence-electron chi connectivity index (χ1n) is 4.74. The Kier molecular flexibility index (Phi) is 7.14. The van der Waals surface area contributed by atoms with Gasteiger partial charge in [0, 0.05) is 6.61 Å². The third-order valence-electron chi connectivity index (χ3n) is 1.58. The van der Waals surface area contributed by atoms with Gasteiger partial charge >= 0.3 is 0 Å². The molecular weight excluding hydrogens is 184 g/mol. The Balaban J connectivity index is 3.36. The molecule has 0 fully saturated rings. The van der Waals surface area contributed by atoms with Crippen LogP contribution < -0.4 is 5.73 Å². The van der Waals surface area contributed by atoms with Crippen molar-refractivity contribution in [1.29, 1.82) is 0 Å². The lowest BCUT2D eigenvalue weighted by Gasteiger charge is -2.11. The molecule has 0 heterocycles. The number of ether oxygens (including phenoxy) is 2. The van der Waals surface area contributed by atoms with Crippen molar-refractivity contribution in [3.05, 3.63) is 0 Å². The maximum atomic E-state index is 8.33. The molecule has 0 saturated carbocycles. The highest BCUT2D eigenvalue weighted by atomic mass is 16.5. The van der Waals surface area contributed by atoms with Crippen molar-refractivity contribution in [1.82, 2.24) is 0 Å². The van der Waals surface area contributed by atoms with Crippen LogP contribution in [0.1, 0.15) is 20.8 Å². The summed E-state index contributed by atoms with van der Waals surface area (Å²) in [5, 5.41) is 11.2. The lowest BCUT2D eigenvalue weighted by molar-refractivity contribution is 0.0261. The van der Waals surface area contributed by atoms with Crippen LogP contribution in [0.25, 0.3) is 0 Å². The molecule has 0 bridgehead atoms. The van der Waals surface area contributed by atoms with Gasteiger partial charge in [0.15, 0.2) is 5.84 Å². The number of rotatable bonds is 7. The molecule has 14 heavy (non-hydrogen) atoms. The van der Waals surface area contributed by atoms with Crippen molar-refractivity contribution in [2.24, 2.45) is 16.8 Å². The van der Waals surface area contributed by atoms with Crippen molar-refractivity contribution in [2.75, 3.05) is 19.8 Å². The Bertz CT molecular complexity index is 171. The first-order valence-corrected chi connectivity index (χ1v) is 4.74. The van der Waals surface area contributed by atoms with Gasteiger partial charge < -0.3 is 20.4 Å². The van der Waals surface area contributed by atoms with E-state index in [2.05, 4.69) is 19.0 Å². The van der Waals surface area contributed by atoms with Gasteiger partial charge in [-0.25, -0.2) is 0 Å². The summed E-state index contributed by atoms with van der Waals surface area (Å²) in [6.07, 6.45) is -0.373. The van der Waals surface area contributed by atoms with E-state index in [0.29, 0.717) is 19.1 Å². The van der Waals surface area contributed by atoms with E-state index in [1.807, 2.05) is 0 Å². The Morgan fingerprint density at radius 3 is 2.50 bits per heavy atom. The van der Waals surface area contributed by atoms with Gasteiger partial charge in [-0.1, -0.05) is 19.0 Å². The van der Waals surface area contributed by atoms with Crippen LogP contribution in [0.2, 0.25) is 0 Å². The molecule has 0 amide bonds. The molecular formula is C9H20N2O3. The van der Waals surface area contributed by atoms with Crippen LogP contribution in [-0.4, -0.2) is 37.0 Å². The summed E-state index contributed by atoms with van der Waals surface area (Å²) in [7, 11) is 0. The highest BCUT2D eigenvalue weighted by molar-refractivity contribution is 5.83. The number of oxime groups is 1. The number of hydrogen-bond acceptors (Lipinski definition) is 4. The highest BCUT2D eigenvalue weighted by Crippen LogP contribution is 1.94. The maximum absolute atomic E-state index is 8.33. The van der Waals surface area contributed by atoms with Gasteiger partial charge in [-0.3, -0.25) is 0 Å². The van der Waals surface area contributed by atoms with E-state index in [1.54, 1.807) is 6.92 Å². The molecule has 1 unspecified atom stereocenters. The number of hydrogen-bond donors (Lipinski definition) is 2. The summed E-state index contributed by atoms with van der Waals surface area (Å²) < 4.78 is 10.5.